The number of methoxy groups -OCH3 is 1. The van der Waals surface area contributed by atoms with Crippen LogP contribution in [0, 0.1) is 10.1 Å². The summed E-state index contributed by atoms with van der Waals surface area (Å²) in [6, 6.07) is 10.1. The van der Waals surface area contributed by atoms with Crippen molar-refractivity contribution in [3.05, 3.63) is 52.6 Å². The molecule has 1 amide bonds. The van der Waals surface area contributed by atoms with Gasteiger partial charge in [-0.3, -0.25) is 14.9 Å². The molecule has 0 saturated heterocycles. The Morgan fingerprint density at radius 1 is 1.19 bits per heavy atom. The average Bonchev–Trinajstić information content (AvgIpc) is 2.59. The zero-order valence-electron chi connectivity index (χ0n) is 14.1. The summed E-state index contributed by atoms with van der Waals surface area (Å²) in [5, 5.41) is 16.4. The maximum absolute atomic E-state index is 12.0. The molecule has 0 saturated carbocycles. The molecule has 0 bridgehead atoms. The number of hydrogen-bond acceptors (Lipinski definition) is 7. The fourth-order valence-corrected chi connectivity index (χ4v) is 2.74. The lowest BCUT2D eigenvalue weighted by molar-refractivity contribution is -0.384. The van der Waals surface area contributed by atoms with Crippen molar-refractivity contribution >= 4 is 32.8 Å². The van der Waals surface area contributed by atoms with Gasteiger partial charge in [-0.15, -0.1) is 0 Å². The molecule has 2 N–H and O–H groups in total. The van der Waals surface area contributed by atoms with Gasteiger partial charge in [0.25, 0.3) is 5.69 Å². The minimum absolute atomic E-state index is 0.0484. The summed E-state index contributed by atoms with van der Waals surface area (Å²) >= 11 is 0. The van der Waals surface area contributed by atoms with Gasteiger partial charge in [-0.25, -0.2) is 8.42 Å². The molecule has 2 aromatic carbocycles. The molecule has 138 valence electrons. The number of anilines is 2. The van der Waals surface area contributed by atoms with Crippen molar-refractivity contribution in [2.24, 2.45) is 0 Å². The monoisotopic (exact) mass is 379 g/mol. The number of carbonyl (C=O) groups is 1. The molecule has 0 spiro atoms. The number of nitro groups is 1. The Hall–Kier alpha value is -3.14. The first-order valence-corrected chi connectivity index (χ1v) is 9.26. The van der Waals surface area contributed by atoms with Crippen molar-refractivity contribution in [2.75, 3.05) is 30.5 Å². The zero-order chi connectivity index (χ0) is 19.3. The van der Waals surface area contributed by atoms with Crippen LogP contribution < -0.4 is 15.4 Å². The number of benzene rings is 2. The Bertz CT molecular complexity index is 926. The number of nitrogens with zero attached hydrogens (tertiary/aromatic N) is 1. The average molecular weight is 379 g/mol. The van der Waals surface area contributed by atoms with E-state index >= 15 is 0 Å². The largest absolute Gasteiger partial charge is 0.497 e. The molecule has 0 aliphatic rings. The third kappa shape index (κ3) is 4.93. The molecule has 0 atom stereocenters. The molecule has 2 rings (SSSR count). The van der Waals surface area contributed by atoms with Gasteiger partial charge in [0.05, 0.1) is 23.5 Å². The fourth-order valence-electron chi connectivity index (χ4n) is 2.10. The predicted octanol–water partition coefficient (Wildman–Crippen LogP) is 2.06. The zero-order valence-corrected chi connectivity index (χ0v) is 14.9. The molecule has 0 unspecified atom stereocenters. The Kier molecular flexibility index (Phi) is 5.78. The van der Waals surface area contributed by atoms with Gasteiger partial charge in [0.2, 0.25) is 5.91 Å². The van der Waals surface area contributed by atoms with Gasteiger partial charge in [-0.05, 0) is 36.4 Å². The van der Waals surface area contributed by atoms with Gasteiger partial charge in [0, 0.05) is 18.0 Å². The van der Waals surface area contributed by atoms with Crippen LogP contribution in [0.15, 0.2) is 47.4 Å². The highest BCUT2D eigenvalue weighted by molar-refractivity contribution is 7.90. The first kappa shape index (κ1) is 19.2. The molecule has 0 aromatic heterocycles. The molecule has 0 fully saturated rings. The second-order valence-electron chi connectivity index (χ2n) is 5.34. The number of nitrogens with one attached hydrogen (secondary N) is 2. The molecule has 9 nitrogen and oxygen atoms in total. The van der Waals surface area contributed by atoms with Crippen LogP contribution in [-0.2, 0) is 14.6 Å². The lowest BCUT2D eigenvalue weighted by atomic mass is 10.2. The van der Waals surface area contributed by atoms with Crippen LogP contribution in [0.3, 0.4) is 0 Å². The smallest absolute Gasteiger partial charge is 0.293 e. The molecule has 2 aromatic rings. The maximum atomic E-state index is 12.0. The van der Waals surface area contributed by atoms with Gasteiger partial charge in [0.1, 0.15) is 11.4 Å². The molecule has 0 radical (unpaired) electrons. The van der Waals surface area contributed by atoms with E-state index < -0.39 is 26.4 Å². The standard InChI is InChI=1S/C16H17N3O6S/c1-25-12-5-3-11(4-6-12)18-16(20)10-17-14-8-7-13(26(2,23)24)9-15(14)19(21)22/h3-9,17H,10H2,1-2H3,(H,18,20). The van der Waals surface area contributed by atoms with E-state index in [-0.39, 0.29) is 17.1 Å². The number of nitro benzene ring substituents is 1. The highest BCUT2D eigenvalue weighted by Gasteiger charge is 2.19. The molecule has 26 heavy (non-hydrogen) atoms. The van der Waals surface area contributed by atoms with E-state index in [4.69, 9.17) is 4.74 Å². The summed E-state index contributed by atoms with van der Waals surface area (Å²) in [5.74, 6) is 0.222. The van der Waals surface area contributed by atoms with Crippen molar-refractivity contribution < 1.29 is 22.9 Å². The van der Waals surface area contributed by atoms with Crippen LogP contribution in [0.4, 0.5) is 17.1 Å². The predicted molar refractivity (Wildman–Crippen MR) is 96.3 cm³/mol. The second-order valence-corrected chi connectivity index (χ2v) is 7.35. The number of hydrogen-bond donors (Lipinski definition) is 2. The van der Waals surface area contributed by atoms with E-state index in [0.717, 1.165) is 12.3 Å². The van der Waals surface area contributed by atoms with E-state index in [1.165, 1.54) is 19.2 Å². The molecular weight excluding hydrogens is 362 g/mol. The highest BCUT2D eigenvalue weighted by atomic mass is 32.2. The first-order valence-electron chi connectivity index (χ1n) is 7.37. The number of ether oxygens (including phenoxy) is 1. The normalized spacial score (nSPS) is 10.8. The van der Waals surface area contributed by atoms with Crippen LogP contribution >= 0.6 is 0 Å². The molecule has 0 aliphatic heterocycles. The first-order chi connectivity index (χ1) is 12.2. The van der Waals surface area contributed by atoms with E-state index in [9.17, 15) is 23.3 Å². The van der Waals surface area contributed by atoms with Crippen LogP contribution in [0.2, 0.25) is 0 Å². The third-order valence-electron chi connectivity index (χ3n) is 3.41. The second kappa shape index (κ2) is 7.83. The number of rotatable bonds is 7. The molecular formula is C16H17N3O6S. The Balaban J connectivity index is 2.08. The molecule has 0 heterocycles. The quantitative estimate of drug-likeness (QED) is 0.556. The molecule has 0 aliphatic carbocycles. The van der Waals surface area contributed by atoms with Gasteiger partial charge in [-0.2, -0.15) is 0 Å². The fraction of sp³-hybridized carbons (Fsp3) is 0.188. The SMILES string of the molecule is COc1ccc(NC(=O)CNc2ccc(S(C)(=O)=O)cc2[N+](=O)[O-])cc1. The van der Waals surface area contributed by atoms with Crippen LogP contribution in [0.1, 0.15) is 0 Å². The van der Waals surface area contributed by atoms with Crippen molar-refractivity contribution in [1.82, 2.24) is 0 Å². The highest BCUT2D eigenvalue weighted by Crippen LogP contribution is 2.27. The summed E-state index contributed by atoms with van der Waals surface area (Å²) in [6.07, 6.45) is 0.960. The summed E-state index contributed by atoms with van der Waals surface area (Å²) in [4.78, 5) is 22.3. The number of sulfone groups is 1. The number of amides is 1. The van der Waals surface area contributed by atoms with E-state index in [1.807, 2.05) is 0 Å². The maximum Gasteiger partial charge on any atom is 0.293 e. The van der Waals surface area contributed by atoms with Gasteiger partial charge < -0.3 is 15.4 Å². The lowest BCUT2D eigenvalue weighted by Crippen LogP contribution is -2.22. The van der Waals surface area contributed by atoms with Gasteiger partial charge in [-0.1, -0.05) is 0 Å². The minimum atomic E-state index is -3.58. The van der Waals surface area contributed by atoms with Crippen LogP contribution in [0.5, 0.6) is 5.75 Å². The Morgan fingerprint density at radius 3 is 2.38 bits per heavy atom. The third-order valence-corrected chi connectivity index (χ3v) is 4.52. The Morgan fingerprint density at radius 2 is 1.85 bits per heavy atom. The summed E-state index contributed by atoms with van der Waals surface area (Å²) in [7, 11) is -2.05. The van der Waals surface area contributed by atoms with Crippen molar-refractivity contribution in [1.29, 1.82) is 0 Å². The van der Waals surface area contributed by atoms with Crippen molar-refractivity contribution in [2.45, 2.75) is 4.90 Å². The number of carbonyl (C=O) groups excluding carboxylic acids is 1. The summed E-state index contributed by atoms with van der Waals surface area (Å²) in [5.41, 5.74) is 0.164. The van der Waals surface area contributed by atoms with E-state index in [2.05, 4.69) is 10.6 Å². The van der Waals surface area contributed by atoms with Crippen molar-refractivity contribution in [3.63, 3.8) is 0 Å². The van der Waals surface area contributed by atoms with Gasteiger partial charge >= 0.3 is 0 Å². The summed E-state index contributed by atoms with van der Waals surface area (Å²) in [6.45, 7) is -0.231. The van der Waals surface area contributed by atoms with Crippen molar-refractivity contribution in [3.8, 4) is 5.75 Å². The molecule has 10 heteroatoms. The minimum Gasteiger partial charge on any atom is -0.497 e. The van der Waals surface area contributed by atoms with Gasteiger partial charge in [0.15, 0.2) is 9.84 Å². The lowest BCUT2D eigenvalue weighted by Gasteiger charge is -2.09. The topological polar surface area (TPSA) is 128 Å². The van der Waals surface area contributed by atoms with Crippen LogP contribution in [-0.4, -0.2) is 39.2 Å². The van der Waals surface area contributed by atoms with E-state index in [0.29, 0.717) is 11.4 Å². The summed E-state index contributed by atoms with van der Waals surface area (Å²) < 4.78 is 28.1. The Labute approximate surface area is 150 Å². The van der Waals surface area contributed by atoms with E-state index in [1.54, 1.807) is 24.3 Å². The van der Waals surface area contributed by atoms with Crippen LogP contribution in [0.25, 0.3) is 0 Å².